The van der Waals surface area contributed by atoms with Crippen LogP contribution in [0, 0.1) is 0 Å². The van der Waals surface area contributed by atoms with E-state index in [0.717, 1.165) is 25.4 Å². The molecule has 0 aliphatic rings. The van der Waals surface area contributed by atoms with Crippen LogP contribution in [-0.4, -0.2) is 36.0 Å². The van der Waals surface area contributed by atoms with Crippen molar-refractivity contribution < 1.29 is 29.9 Å². The van der Waals surface area contributed by atoms with Crippen molar-refractivity contribution in [3.05, 3.63) is 29.3 Å². The predicted molar refractivity (Wildman–Crippen MR) is 151 cm³/mol. The summed E-state index contributed by atoms with van der Waals surface area (Å²) >= 11 is 0. The minimum absolute atomic E-state index is 0.152. The first kappa shape index (κ1) is 33.9. The monoisotopic (exact) mass is 562 g/mol. The van der Waals surface area contributed by atoms with E-state index in [2.05, 4.69) is 6.92 Å². The summed E-state index contributed by atoms with van der Waals surface area (Å²) in [5.74, 6) is 0.544. The van der Waals surface area contributed by atoms with E-state index >= 15 is 0 Å². The minimum atomic E-state index is -3.60. The van der Waals surface area contributed by atoms with Crippen LogP contribution >= 0.6 is 0 Å². The van der Waals surface area contributed by atoms with Crippen molar-refractivity contribution in [2.75, 3.05) is 19.1 Å². The van der Waals surface area contributed by atoms with Gasteiger partial charge >= 0.3 is 0 Å². The number of hydrogen-bond acceptors (Lipinski definition) is 7. The minimum Gasteiger partial charge on any atom is -0.494 e. The second-order valence-corrected chi connectivity index (χ2v) is 13.4. The molecule has 216 valence electrons. The Labute approximate surface area is 226 Å². The number of rotatable bonds is 24. The lowest BCUT2D eigenvalue weighted by Gasteiger charge is -2.11. The lowest BCUT2D eigenvalue weighted by molar-refractivity contribution is 0.291. The van der Waals surface area contributed by atoms with Crippen molar-refractivity contribution >= 4 is 20.2 Å². The SMILES string of the molecule is CCCCCCCCCCCCCCCCCCOc1cc(COS(C)(=O)=O)cc(COS(C)(=O)=O)c1. The number of hydrogen-bond donors (Lipinski definition) is 0. The van der Waals surface area contributed by atoms with E-state index in [9.17, 15) is 16.8 Å². The largest absolute Gasteiger partial charge is 0.494 e. The molecule has 1 aromatic carbocycles. The first-order valence-corrected chi connectivity index (χ1v) is 17.7. The molecule has 1 aromatic rings. The molecule has 0 aromatic heterocycles. The second-order valence-electron chi connectivity index (χ2n) is 10.1. The first-order valence-electron chi connectivity index (χ1n) is 14.0. The Hall–Kier alpha value is -1.16. The third-order valence-corrected chi connectivity index (χ3v) is 7.26. The number of benzene rings is 1. The van der Waals surface area contributed by atoms with Crippen LogP contribution in [-0.2, 0) is 41.8 Å². The molecule has 7 nitrogen and oxygen atoms in total. The molecule has 0 unspecified atom stereocenters. The Balaban J connectivity index is 2.19. The van der Waals surface area contributed by atoms with Gasteiger partial charge < -0.3 is 4.74 Å². The van der Waals surface area contributed by atoms with Crippen LogP contribution in [0.2, 0.25) is 0 Å². The quantitative estimate of drug-likeness (QED) is 0.0965. The Morgan fingerprint density at radius 3 is 1.24 bits per heavy atom. The lowest BCUT2D eigenvalue weighted by Crippen LogP contribution is -2.06. The normalized spacial score (nSPS) is 12.2. The topological polar surface area (TPSA) is 96.0 Å². The Morgan fingerprint density at radius 1 is 0.541 bits per heavy atom. The van der Waals surface area contributed by atoms with Gasteiger partial charge in [0.15, 0.2) is 0 Å². The van der Waals surface area contributed by atoms with E-state index in [-0.39, 0.29) is 13.2 Å². The van der Waals surface area contributed by atoms with Crippen molar-refractivity contribution in [3.63, 3.8) is 0 Å². The van der Waals surface area contributed by atoms with Crippen LogP contribution in [0.15, 0.2) is 18.2 Å². The standard InChI is InChI=1S/C28H50O7S2/c1-4-5-6-7-8-9-10-11-12-13-14-15-16-17-18-19-20-33-28-22-26(24-34-36(2,29)30)21-27(23-28)25-35-37(3,31)32/h21-23H,4-20,24-25H2,1-3H3. The zero-order valence-corrected chi connectivity index (χ0v) is 25.0. The molecule has 9 heteroatoms. The summed E-state index contributed by atoms with van der Waals surface area (Å²) in [7, 11) is -7.19. The summed E-state index contributed by atoms with van der Waals surface area (Å²) in [6.45, 7) is 2.50. The van der Waals surface area contributed by atoms with Gasteiger partial charge in [-0.3, -0.25) is 8.37 Å². The highest BCUT2D eigenvalue weighted by Crippen LogP contribution is 2.21. The van der Waals surface area contributed by atoms with Crippen molar-refractivity contribution in [2.45, 2.75) is 123 Å². The first-order chi connectivity index (χ1) is 17.6. The second kappa shape index (κ2) is 19.8. The molecule has 1 rings (SSSR count). The molecular formula is C28H50O7S2. The van der Waals surface area contributed by atoms with E-state index in [1.807, 2.05) is 0 Å². The van der Waals surface area contributed by atoms with Crippen LogP contribution < -0.4 is 4.74 Å². The number of ether oxygens (including phenoxy) is 1. The fourth-order valence-electron chi connectivity index (χ4n) is 4.17. The predicted octanol–water partition coefficient (Wildman–Crippen LogP) is 7.28. The van der Waals surface area contributed by atoms with Gasteiger partial charge in [-0.05, 0) is 29.7 Å². The van der Waals surface area contributed by atoms with Gasteiger partial charge in [0.2, 0.25) is 0 Å². The summed E-state index contributed by atoms with van der Waals surface area (Å²) in [4.78, 5) is 0. The van der Waals surface area contributed by atoms with Gasteiger partial charge in [-0.1, -0.05) is 109 Å². The molecule has 0 amide bonds. The van der Waals surface area contributed by atoms with Crippen LogP contribution in [0.4, 0.5) is 0 Å². The molecule has 0 aliphatic carbocycles. The van der Waals surface area contributed by atoms with Crippen molar-refractivity contribution in [1.29, 1.82) is 0 Å². The molecule has 0 radical (unpaired) electrons. The fraction of sp³-hybridized carbons (Fsp3) is 0.786. The summed E-state index contributed by atoms with van der Waals surface area (Å²) in [6.07, 6.45) is 22.9. The molecule has 0 saturated carbocycles. The Bertz CT molecular complexity index is 874. The van der Waals surface area contributed by atoms with Crippen LogP contribution in [0.1, 0.15) is 121 Å². The molecule has 0 fully saturated rings. The maximum Gasteiger partial charge on any atom is 0.264 e. The summed E-state index contributed by atoms with van der Waals surface area (Å²) in [5, 5.41) is 0. The lowest BCUT2D eigenvalue weighted by atomic mass is 10.0. The van der Waals surface area contributed by atoms with E-state index in [0.29, 0.717) is 23.5 Å². The van der Waals surface area contributed by atoms with Gasteiger partial charge in [-0.2, -0.15) is 16.8 Å². The van der Waals surface area contributed by atoms with Gasteiger partial charge in [-0.15, -0.1) is 0 Å². The summed E-state index contributed by atoms with van der Waals surface area (Å²) in [5.41, 5.74) is 1.14. The van der Waals surface area contributed by atoms with Gasteiger partial charge in [0, 0.05) is 0 Å². The van der Waals surface area contributed by atoms with Gasteiger partial charge in [-0.25, -0.2) is 0 Å². The Kier molecular flexibility index (Phi) is 18.2. The average Bonchev–Trinajstić information content (AvgIpc) is 2.82. The smallest absolute Gasteiger partial charge is 0.264 e. The van der Waals surface area contributed by atoms with E-state index < -0.39 is 20.2 Å². The molecule has 0 heterocycles. The van der Waals surface area contributed by atoms with Gasteiger partial charge in [0.25, 0.3) is 20.2 Å². The van der Waals surface area contributed by atoms with Gasteiger partial charge in [0.05, 0.1) is 32.3 Å². The van der Waals surface area contributed by atoms with Crippen LogP contribution in [0.3, 0.4) is 0 Å². The maximum atomic E-state index is 11.3. The van der Waals surface area contributed by atoms with Crippen LogP contribution in [0.5, 0.6) is 5.75 Å². The number of unbranched alkanes of at least 4 members (excludes halogenated alkanes) is 15. The van der Waals surface area contributed by atoms with Crippen molar-refractivity contribution in [3.8, 4) is 5.75 Å². The highest BCUT2D eigenvalue weighted by molar-refractivity contribution is 7.86. The molecule has 0 bridgehead atoms. The van der Waals surface area contributed by atoms with E-state index in [1.165, 1.54) is 89.9 Å². The van der Waals surface area contributed by atoms with Crippen molar-refractivity contribution in [2.24, 2.45) is 0 Å². The van der Waals surface area contributed by atoms with Crippen LogP contribution in [0.25, 0.3) is 0 Å². The summed E-state index contributed by atoms with van der Waals surface area (Å²) in [6, 6.07) is 5.07. The fourth-order valence-corrected chi connectivity index (χ4v) is 4.87. The third-order valence-electron chi connectivity index (χ3n) is 6.17. The maximum absolute atomic E-state index is 11.3. The highest BCUT2D eigenvalue weighted by Gasteiger charge is 2.09. The third kappa shape index (κ3) is 21.5. The molecule has 0 N–H and O–H groups in total. The molecule has 0 spiro atoms. The molecule has 37 heavy (non-hydrogen) atoms. The highest BCUT2D eigenvalue weighted by atomic mass is 32.2. The average molecular weight is 563 g/mol. The van der Waals surface area contributed by atoms with E-state index in [1.54, 1.807) is 18.2 Å². The molecular weight excluding hydrogens is 512 g/mol. The van der Waals surface area contributed by atoms with Gasteiger partial charge in [0.1, 0.15) is 5.75 Å². The van der Waals surface area contributed by atoms with Crippen molar-refractivity contribution in [1.82, 2.24) is 0 Å². The zero-order chi connectivity index (χ0) is 27.4. The molecule has 0 aliphatic heterocycles. The zero-order valence-electron chi connectivity index (χ0n) is 23.3. The van der Waals surface area contributed by atoms with E-state index in [4.69, 9.17) is 13.1 Å². The molecule has 0 saturated heterocycles. The summed E-state index contributed by atoms with van der Waals surface area (Å²) < 4.78 is 60.9. The Morgan fingerprint density at radius 2 is 0.892 bits per heavy atom. The molecule has 0 atom stereocenters.